The number of carbonyl (C=O) groups is 1. The van der Waals surface area contributed by atoms with E-state index in [0.29, 0.717) is 16.5 Å². The summed E-state index contributed by atoms with van der Waals surface area (Å²) in [5.74, 6) is -0.559. The first kappa shape index (κ1) is 21.9. The van der Waals surface area contributed by atoms with Gasteiger partial charge in [0.25, 0.3) is 5.91 Å². The van der Waals surface area contributed by atoms with Crippen molar-refractivity contribution in [1.82, 2.24) is 5.43 Å². The van der Waals surface area contributed by atoms with Gasteiger partial charge in [-0.05, 0) is 56.3 Å². The smallest absolute Gasteiger partial charge is 0.280 e. The molecule has 0 aliphatic rings. The summed E-state index contributed by atoms with van der Waals surface area (Å²) in [5.41, 5.74) is 5.78. The highest BCUT2D eigenvalue weighted by Gasteiger charge is 2.16. The van der Waals surface area contributed by atoms with Crippen molar-refractivity contribution in [3.8, 4) is 5.75 Å². The van der Waals surface area contributed by atoms with Crippen molar-refractivity contribution in [3.63, 3.8) is 0 Å². The number of hydrogen-bond donors (Lipinski definition) is 2. The first-order chi connectivity index (χ1) is 13.3. The van der Waals surface area contributed by atoms with E-state index in [-0.39, 0.29) is 21.7 Å². The van der Waals surface area contributed by atoms with Crippen LogP contribution in [0.25, 0.3) is 0 Å². The maximum absolute atomic E-state index is 12.9. The fourth-order valence-electron chi connectivity index (χ4n) is 1.81. The summed E-state index contributed by atoms with van der Waals surface area (Å²) >= 11 is 17.8. The largest absolute Gasteiger partial charge is 0.479 e. The zero-order valence-electron chi connectivity index (χ0n) is 14.8. The van der Waals surface area contributed by atoms with Gasteiger partial charge < -0.3 is 4.74 Å². The zero-order chi connectivity index (χ0) is 20.7. The molecule has 2 aromatic rings. The van der Waals surface area contributed by atoms with E-state index >= 15 is 0 Å². The summed E-state index contributed by atoms with van der Waals surface area (Å²) in [4.78, 5) is 12.1. The second-order valence-corrected chi connectivity index (χ2v) is 6.73. The first-order valence-electron chi connectivity index (χ1n) is 7.97. The summed E-state index contributed by atoms with van der Waals surface area (Å²) in [7, 11) is 0. The highest BCUT2D eigenvalue weighted by molar-refractivity contribution is 6.83. The van der Waals surface area contributed by atoms with E-state index in [2.05, 4.69) is 21.1 Å². The van der Waals surface area contributed by atoms with Crippen LogP contribution in [0.4, 0.5) is 10.1 Å². The Morgan fingerprint density at radius 1 is 1.14 bits per heavy atom. The third-order valence-corrected chi connectivity index (χ3v) is 4.22. The number of anilines is 1. The zero-order valence-corrected chi connectivity index (χ0v) is 17.1. The second-order valence-electron chi connectivity index (χ2n) is 5.53. The summed E-state index contributed by atoms with van der Waals surface area (Å²) in [5, 5.41) is 8.53. The van der Waals surface area contributed by atoms with Crippen LogP contribution in [0.5, 0.6) is 5.75 Å². The molecule has 0 saturated heterocycles. The maximum atomic E-state index is 12.9. The number of benzene rings is 2. The van der Waals surface area contributed by atoms with Crippen molar-refractivity contribution < 1.29 is 13.9 Å². The molecule has 6 nitrogen and oxygen atoms in total. The minimum atomic E-state index is -0.872. The van der Waals surface area contributed by atoms with Crippen molar-refractivity contribution in [2.75, 3.05) is 5.43 Å². The van der Waals surface area contributed by atoms with Crippen LogP contribution in [0.15, 0.2) is 52.7 Å². The number of carbonyl (C=O) groups excluding carboxylic acids is 1. The number of nitrogens with zero attached hydrogens (tertiary/aromatic N) is 2. The Bertz CT molecular complexity index is 904. The fraction of sp³-hybridized carbons (Fsp3) is 0.167. The van der Waals surface area contributed by atoms with E-state index in [1.165, 1.54) is 37.3 Å². The lowest BCUT2D eigenvalue weighted by molar-refractivity contribution is -0.127. The molecule has 0 spiro atoms. The third-order valence-electron chi connectivity index (χ3n) is 3.33. The lowest BCUT2D eigenvalue weighted by Crippen LogP contribution is -2.34. The van der Waals surface area contributed by atoms with Gasteiger partial charge >= 0.3 is 0 Å². The molecule has 10 heteroatoms. The van der Waals surface area contributed by atoms with E-state index in [1.807, 2.05) is 0 Å². The van der Waals surface area contributed by atoms with Gasteiger partial charge in [0, 0.05) is 5.02 Å². The van der Waals surface area contributed by atoms with Crippen molar-refractivity contribution in [3.05, 3.63) is 58.3 Å². The monoisotopic (exact) mass is 444 g/mol. The lowest BCUT2D eigenvalue weighted by Gasteiger charge is -2.14. The molecule has 0 fully saturated rings. The van der Waals surface area contributed by atoms with E-state index in [0.717, 1.165) is 0 Å². The van der Waals surface area contributed by atoms with Gasteiger partial charge in [0.2, 0.25) is 0 Å². The van der Waals surface area contributed by atoms with Gasteiger partial charge in [-0.2, -0.15) is 10.2 Å². The van der Waals surface area contributed by atoms with Gasteiger partial charge in [-0.1, -0.05) is 34.8 Å². The number of hydrazone groups is 2. The molecule has 0 aromatic heterocycles. The Morgan fingerprint density at radius 2 is 1.82 bits per heavy atom. The average molecular weight is 446 g/mol. The van der Waals surface area contributed by atoms with Crippen LogP contribution in [0.2, 0.25) is 10.0 Å². The normalized spacial score (nSPS) is 13.1. The number of halogens is 4. The first-order valence-corrected chi connectivity index (χ1v) is 9.10. The molecular formula is C18H16Cl3FN4O2. The van der Waals surface area contributed by atoms with Gasteiger partial charge in [-0.3, -0.25) is 10.2 Å². The highest BCUT2D eigenvalue weighted by atomic mass is 35.5. The number of rotatable bonds is 7. The van der Waals surface area contributed by atoms with Crippen LogP contribution in [0, 0.1) is 5.82 Å². The molecule has 0 bridgehead atoms. The molecule has 0 saturated carbocycles. The molecule has 1 unspecified atom stereocenters. The molecule has 28 heavy (non-hydrogen) atoms. The van der Waals surface area contributed by atoms with Crippen molar-refractivity contribution in [2.45, 2.75) is 20.0 Å². The molecule has 2 aromatic carbocycles. The van der Waals surface area contributed by atoms with Crippen LogP contribution in [-0.4, -0.2) is 22.9 Å². The van der Waals surface area contributed by atoms with Gasteiger partial charge in [0.1, 0.15) is 11.6 Å². The van der Waals surface area contributed by atoms with Gasteiger partial charge in [-0.15, -0.1) is 0 Å². The third kappa shape index (κ3) is 6.67. The summed E-state index contributed by atoms with van der Waals surface area (Å²) < 4.78 is 18.4. The summed E-state index contributed by atoms with van der Waals surface area (Å²) in [6, 6.07) is 10.2. The fourth-order valence-corrected chi connectivity index (χ4v) is 2.35. The van der Waals surface area contributed by atoms with E-state index in [9.17, 15) is 9.18 Å². The number of ether oxygens (including phenoxy) is 1. The molecule has 2 rings (SSSR count). The van der Waals surface area contributed by atoms with Crippen LogP contribution in [-0.2, 0) is 4.79 Å². The second kappa shape index (κ2) is 10.3. The van der Waals surface area contributed by atoms with Crippen LogP contribution >= 0.6 is 34.8 Å². The molecular weight excluding hydrogens is 430 g/mol. The molecule has 1 atom stereocenters. The Morgan fingerprint density at radius 3 is 2.46 bits per heavy atom. The van der Waals surface area contributed by atoms with Crippen LogP contribution < -0.4 is 15.6 Å². The van der Waals surface area contributed by atoms with E-state index < -0.39 is 12.0 Å². The number of amides is 1. The van der Waals surface area contributed by atoms with E-state index in [1.54, 1.807) is 19.1 Å². The molecule has 148 valence electrons. The Balaban J connectivity index is 1.91. The topological polar surface area (TPSA) is 75.1 Å². The average Bonchev–Trinajstić information content (AvgIpc) is 2.67. The summed E-state index contributed by atoms with van der Waals surface area (Å²) in [6.45, 7) is 3.09. The van der Waals surface area contributed by atoms with E-state index in [4.69, 9.17) is 39.5 Å². The molecule has 0 heterocycles. The standard InChI is InChI=1S/C18H16Cl3FN4O2/c1-10(17(21)25-24-14-6-4-13(22)5-7-14)23-26-18(27)11(2)28-16-8-3-12(19)9-15(16)20/h3-9,11,24H,1-2H3,(H,26,27). The molecule has 0 radical (unpaired) electrons. The molecule has 0 aliphatic carbocycles. The molecule has 1 amide bonds. The predicted octanol–water partition coefficient (Wildman–Crippen LogP) is 5.06. The SMILES string of the molecule is CC(=NNC(=O)C(C)Oc1ccc(Cl)cc1Cl)C(Cl)=NNc1ccc(F)cc1. The number of hydrogen-bond acceptors (Lipinski definition) is 5. The minimum absolute atomic E-state index is 0.0129. The molecule has 0 aliphatic heterocycles. The minimum Gasteiger partial charge on any atom is -0.479 e. The van der Waals surface area contributed by atoms with Gasteiger partial charge in [0.15, 0.2) is 11.3 Å². The van der Waals surface area contributed by atoms with Crippen molar-refractivity contribution in [1.29, 1.82) is 0 Å². The molecule has 2 N–H and O–H groups in total. The highest BCUT2D eigenvalue weighted by Crippen LogP contribution is 2.28. The number of nitrogens with one attached hydrogen (secondary N) is 2. The quantitative estimate of drug-likeness (QED) is 0.462. The van der Waals surface area contributed by atoms with Crippen LogP contribution in [0.3, 0.4) is 0 Å². The lowest BCUT2D eigenvalue weighted by atomic mass is 10.3. The van der Waals surface area contributed by atoms with Gasteiger partial charge in [0.05, 0.1) is 16.4 Å². The van der Waals surface area contributed by atoms with Crippen molar-refractivity contribution in [2.24, 2.45) is 10.2 Å². The Hall–Kier alpha value is -2.35. The van der Waals surface area contributed by atoms with Gasteiger partial charge in [-0.25, -0.2) is 9.82 Å². The van der Waals surface area contributed by atoms with Crippen LogP contribution in [0.1, 0.15) is 13.8 Å². The maximum Gasteiger partial charge on any atom is 0.280 e. The Kier molecular flexibility index (Phi) is 8.04. The predicted molar refractivity (Wildman–Crippen MR) is 111 cm³/mol. The Labute approximate surface area is 176 Å². The summed E-state index contributed by atoms with van der Waals surface area (Å²) in [6.07, 6.45) is -0.872. The van der Waals surface area contributed by atoms with Crippen molar-refractivity contribution >= 4 is 57.3 Å².